The molecule has 0 saturated carbocycles. The molecule has 0 radical (unpaired) electrons. The number of carbonyl (C=O) groups is 1. The predicted molar refractivity (Wildman–Crippen MR) is 89.8 cm³/mol. The first-order chi connectivity index (χ1) is 11.1. The first-order valence-corrected chi connectivity index (χ1v) is 7.06. The van der Waals surface area contributed by atoms with E-state index in [0.29, 0.717) is 5.56 Å². The number of hydrogen-bond acceptors (Lipinski definition) is 3. The van der Waals surface area contributed by atoms with Crippen LogP contribution in [0.3, 0.4) is 0 Å². The zero-order valence-corrected chi connectivity index (χ0v) is 14.1. The van der Waals surface area contributed by atoms with Gasteiger partial charge in [0.25, 0.3) is 0 Å². The number of hydrogen-bond donors (Lipinski definition) is 2. The number of ketones is 1. The van der Waals surface area contributed by atoms with Gasteiger partial charge in [0.15, 0.2) is 0 Å². The minimum atomic E-state index is -0.602. The maximum absolute atomic E-state index is 11.8. The van der Waals surface area contributed by atoms with Gasteiger partial charge in [-0.05, 0) is 18.6 Å². The van der Waals surface area contributed by atoms with Crippen LogP contribution >= 0.6 is 0 Å². The zero-order chi connectivity index (χ0) is 16.7. The average Bonchev–Trinajstić information content (AvgIpc) is 3.25. The Hall–Kier alpha value is -2.73. The van der Waals surface area contributed by atoms with Gasteiger partial charge in [-0.25, -0.2) is 12.1 Å². The number of benzene rings is 1. The van der Waals surface area contributed by atoms with Crippen molar-refractivity contribution >= 4 is 5.78 Å². The van der Waals surface area contributed by atoms with Crippen molar-refractivity contribution in [2.24, 2.45) is 0 Å². The number of aryl methyl sites for hydroxylation is 1. The van der Waals surface area contributed by atoms with E-state index < -0.39 is 5.78 Å². The van der Waals surface area contributed by atoms with Crippen molar-refractivity contribution in [1.29, 1.82) is 0 Å². The molecule has 3 nitrogen and oxygen atoms in total. The standard InChI is InChI=1S/C15H11O3.C5H5.Fe/c1-10-6-8-12(16)14(15(10)18)13(17)9-7-11-4-2-3-5-11;1-2-4-5-3-1;/h2-6,8,16,18H,1H3;1-5H;/q2*-1;+2. The molecule has 0 atom stereocenters. The van der Waals surface area contributed by atoms with Crippen LogP contribution < -0.4 is 0 Å². The largest absolute Gasteiger partial charge is 2.00 e. The molecule has 122 valence electrons. The molecule has 0 saturated heterocycles. The molecule has 0 heterocycles. The fourth-order valence-corrected chi connectivity index (χ4v) is 1.88. The van der Waals surface area contributed by atoms with Gasteiger partial charge in [-0.1, -0.05) is 12.0 Å². The Morgan fingerprint density at radius 1 is 1.04 bits per heavy atom. The van der Waals surface area contributed by atoms with E-state index in [2.05, 4.69) is 11.8 Å². The minimum Gasteiger partial charge on any atom is -0.507 e. The van der Waals surface area contributed by atoms with Crippen LogP contribution in [0.2, 0.25) is 0 Å². The zero-order valence-electron chi connectivity index (χ0n) is 13.0. The molecule has 0 unspecified atom stereocenters. The normalized spacial score (nSPS) is 8.88. The first-order valence-electron chi connectivity index (χ1n) is 7.06. The van der Waals surface area contributed by atoms with Crippen LogP contribution in [0.1, 0.15) is 21.5 Å². The molecule has 0 aliphatic heterocycles. The molecule has 3 rings (SSSR count). The van der Waals surface area contributed by atoms with E-state index in [1.807, 2.05) is 42.5 Å². The molecule has 2 N–H and O–H groups in total. The van der Waals surface area contributed by atoms with Gasteiger partial charge in [0, 0.05) is 0 Å². The summed E-state index contributed by atoms with van der Waals surface area (Å²) in [5.74, 6) is 3.99. The van der Waals surface area contributed by atoms with E-state index in [1.165, 1.54) is 12.1 Å². The maximum Gasteiger partial charge on any atom is 2.00 e. The van der Waals surface area contributed by atoms with Crippen molar-refractivity contribution in [2.45, 2.75) is 6.92 Å². The Balaban J connectivity index is 0.000000412. The molecule has 0 fully saturated rings. The smallest absolute Gasteiger partial charge is 0.507 e. The van der Waals surface area contributed by atoms with Crippen LogP contribution in [0.5, 0.6) is 11.5 Å². The van der Waals surface area contributed by atoms with Gasteiger partial charge in [0.05, 0.1) is 0 Å². The number of phenolic OH excluding ortho intramolecular Hbond substituents is 2. The van der Waals surface area contributed by atoms with Crippen molar-refractivity contribution in [3.05, 3.63) is 83.4 Å². The van der Waals surface area contributed by atoms with E-state index in [-0.39, 0.29) is 34.1 Å². The van der Waals surface area contributed by atoms with Crippen molar-refractivity contribution in [3.63, 3.8) is 0 Å². The van der Waals surface area contributed by atoms with E-state index in [4.69, 9.17) is 0 Å². The fraction of sp³-hybridized carbons (Fsp3) is 0.0500. The number of aromatic hydroxyl groups is 2. The summed E-state index contributed by atoms with van der Waals surface area (Å²) in [6.07, 6.45) is 0. The third kappa shape index (κ3) is 5.17. The molecule has 4 heteroatoms. The first kappa shape index (κ1) is 19.3. The summed E-state index contributed by atoms with van der Waals surface area (Å²) in [5.41, 5.74) is 1.09. The number of Topliss-reactive ketones (excluding diaryl/α,β-unsaturated/α-hetero) is 1. The summed E-state index contributed by atoms with van der Waals surface area (Å²) in [6, 6.07) is 20.1. The van der Waals surface area contributed by atoms with Crippen LogP contribution in [0.15, 0.2) is 66.7 Å². The summed E-state index contributed by atoms with van der Waals surface area (Å²) in [7, 11) is 0. The SMILES string of the molecule is Cc1ccc(O)c(C(=O)C#Cc2ccc[cH-]2)c1O.[Fe+2].c1cc[cH-]c1. The van der Waals surface area contributed by atoms with Crippen LogP contribution in [0.25, 0.3) is 0 Å². The summed E-state index contributed by atoms with van der Waals surface area (Å²) < 4.78 is 0. The summed E-state index contributed by atoms with van der Waals surface area (Å²) in [6.45, 7) is 1.65. The van der Waals surface area contributed by atoms with Crippen molar-refractivity contribution < 1.29 is 32.1 Å². The van der Waals surface area contributed by atoms with Crippen molar-refractivity contribution in [3.8, 4) is 23.3 Å². The second kappa shape index (κ2) is 9.42. The molecule has 0 spiro atoms. The molecule has 24 heavy (non-hydrogen) atoms. The molecule has 0 aliphatic carbocycles. The molecular weight excluding hydrogens is 344 g/mol. The van der Waals surface area contributed by atoms with Crippen LogP contribution in [-0.4, -0.2) is 16.0 Å². The van der Waals surface area contributed by atoms with E-state index in [0.717, 1.165) is 5.56 Å². The second-order valence-corrected chi connectivity index (χ2v) is 4.84. The van der Waals surface area contributed by atoms with Gasteiger partial charge in [0.2, 0.25) is 5.78 Å². The molecular formula is C20H16FeO3. The Bertz CT molecular complexity index is 803. The van der Waals surface area contributed by atoms with E-state index >= 15 is 0 Å². The number of carbonyl (C=O) groups excluding carboxylic acids is 1. The number of phenols is 2. The van der Waals surface area contributed by atoms with Crippen molar-refractivity contribution in [1.82, 2.24) is 0 Å². The predicted octanol–water partition coefficient (Wildman–Crippen LogP) is 3.76. The molecule has 0 amide bonds. The molecule has 3 aromatic carbocycles. The van der Waals surface area contributed by atoms with E-state index in [1.54, 1.807) is 19.1 Å². The average molecular weight is 360 g/mol. The summed E-state index contributed by atoms with van der Waals surface area (Å²) >= 11 is 0. The molecule has 0 bridgehead atoms. The van der Waals surface area contributed by atoms with Crippen LogP contribution in [0, 0.1) is 18.8 Å². The van der Waals surface area contributed by atoms with Crippen LogP contribution in [-0.2, 0) is 17.1 Å². The molecule has 3 aromatic rings. The van der Waals surface area contributed by atoms with Gasteiger partial charge in [-0.3, -0.25) is 4.79 Å². The Kier molecular flexibility index (Phi) is 7.58. The molecule has 0 aliphatic rings. The minimum absolute atomic E-state index is 0. The topological polar surface area (TPSA) is 57.5 Å². The number of rotatable bonds is 1. The van der Waals surface area contributed by atoms with Gasteiger partial charge in [-0.2, -0.15) is 42.3 Å². The quantitative estimate of drug-likeness (QED) is 0.301. The second-order valence-electron chi connectivity index (χ2n) is 4.84. The van der Waals surface area contributed by atoms with E-state index in [9.17, 15) is 15.0 Å². The molecule has 0 aromatic heterocycles. The van der Waals surface area contributed by atoms with Gasteiger partial charge in [0.1, 0.15) is 17.1 Å². The van der Waals surface area contributed by atoms with Crippen molar-refractivity contribution in [2.75, 3.05) is 0 Å². The maximum atomic E-state index is 11.8. The third-order valence-electron chi connectivity index (χ3n) is 3.12. The summed E-state index contributed by atoms with van der Waals surface area (Å²) in [5, 5.41) is 19.4. The van der Waals surface area contributed by atoms with Gasteiger partial charge in [-0.15, -0.1) is 11.6 Å². The van der Waals surface area contributed by atoms with Crippen LogP contribution in [0.4, 0.5) is 0 Å². The monoisotopic (exact) mass is 360 g/mol. The Morgan fingerprint density at radius 3 is 2.29 bits per heavy atom. The van der Waals surface area contributed by atoms with Gasteiger partial charge >= 0.3 is 17.1 Å². The van der Waals surface area contributed by atoms with Gasteiger partial charge < -0.3 is 10.2 Å². The third-order valence-corrected chi connectivity index (χ3v) is 3.12. The fourth-order valence-electron chi connectivity index (χ4n) is 1.88. The summed E-state index contributed by atoms with van der Waals surface area (Å²) in [4.78, 5) is 11.8. The Labute approximate surface area is 151 Å². The Morgan fingerprint density at radius 2 is 1.75 bits per heavy atom.